The van der Waals surface area contributed by atoms with Crippen molar-refractivity contribution < 1.29 is 23.8 Å². The van der Waals surface area contributed by atoms with E-state index in [1.54, 1.807) is 80.8 Å². The SMILES string of the molecule is CCOC(=O)C(C(=O)c1ccc(OC)cc1)=c1sc(=Cc2ccc(OC)cc2)c(=O)n1-c1ccccc1. The van der Waals surface area contributed by atoms with Gasteiger partial charge in [0, 0.05) is 5.56 Å². The first-order chi connectivity index (χ1) is 18.0. The molecule has 0 bridgehead atoms. The molecule has 0 N–H and O–H groups in total. The van der Waals surface area contributed by atoms with E-state index in [0.29, 0.717) is 21.7 Å². The molecule has 0 saturated heterocycles. The van der Waals surface area contributed by atoms with Crippen LogP contribution >= 0.6 is 11.3 Å². The predicted octanol–water partition coefficient (Wildman–Crippen LogP) is 3.34. The Morgan fingerprint density at radius 1 is 0.865 bits per heavy atom. The van der Waals surface area contributed by atoms with Gasteiger partial charge in [-0.15, -0.1) is 11.3 Å². The highest BCUT2D eigenvalue weighted by molar-refractivity contribution is 7.08. The van der Waals surface area contributed by atoms with Crippen LogP contribution in [0.1, 0.15) is 22.8 Å². The summed E-state index contributed by atoms with van der Waals surface area (Å²) in [6, 6.07) is 22.5. The van der Waals surface area contributed by atoms with E-state index in [1.165, 1.54) is 11.7 Å². The molecule has 0 aliphatic rings. The Bertz CT molecular complexity index is 1580. The van der Waals surface area contributed by atoms with Gasteiger partial charge in [0.25, 0.3) is 5.56 Å². The molecule has 1 heterocycles. The van der Waals surface area contributed by atoms with E-state index in [1.807, 2.05) is 18.2 Å². The third kappa shape index (κ3) is 5.54. The average Bonchev–Trinajstić information content (AvgIpc) is 3.24. The minimum Gasteiger partial charge on any atom is -0.497 e. The maximum absolute atomic E-state index is 13.7. The highest BCUT2D eigenvalue weighted by Gasteiger charge is 2.26. The number of carbonyl (C=O) groups excluding carboxylic acids is 2. The van der Waals surface area contributed by atoms with Crippen LogP contribution in [0.25, 0.3) is 17.3 Å². The lowest BCUT2D eigenvalue weighted by molar-refractivity contribution is -0.136. The van der Waals surface area contributed by atoms with Crippen molar-refractivity contribution in [1.82, 2.24) is 4.57 Å². The molecule has 1 aromatic heterocycles. The quantitative estimate of drug-likeness (QED) is 0.203. The number of ketones is 1. The van der Waals surface area contributed by atoms with Crippen LogP contribution in [0.15, 0.2) is 83.7 Å². The van der Waals surface area contributed by atoms with Crippen molar-refractivity contribution in [3.8, 4) is 17.2 Å². The van der Waals surface area contributed by atoms with E-state index in [4.69, 9.17) is 14.2 Å². The van der Waals surface area contributed by atoms with Crippen LogP contribution in [-0.2, 0) is 9.53 Å². The highest BCUT2D eigenvalue weighted by atomic mass is 32.1. The summed E-state index contributed by atoms with van der Waals surface area (Å²) in [5.41, 5.74) is 0.992. The van der Waals surface area contributed by atoms with Crippen LogP contribution in [0.3, 0.4) is 0 Å². The van der Waals surface area contributed by atoms with Crippen molar-refractivity contribution in [1.29, 1.82) is 0 Å². The standard InChI is InChI=1S/C29H25NO6S/c1-4-36-29(33)25(26(31)20-12-16-23(35-3)17-13-20)28-30(21-8-6-5-7-9-21)27(32)24(37-28)18-19-10-14-22(34-2)15-11-19/h5-18H,4H2,1-3H3. The molecule has 0 atom stereocenters. The number of hydrogen-bond acceptors (Lipinski definition) is 7. The number of carbonyl (C=O) groups is 2. The minimum absolute atomic E-state index is 0.0734. The monoisotopic (exact) mass is 515 g/mol. The second kappa shape index (κ2) is 11.5. The molecular formula is C29H25NO6S. The number of benzene rings is 3. The van der Waals surface area contributed by atoms with Crippen LogP contribution in [0.5, 0.6) is 11.5 Å². The fourth-order valence-corrected chi connectivity index (χ4v) is 4.82. The Labute approximate surface area is 217 Å². The molecule has 4 rings (SSSR count). The van der Waals surface area contributed by atoms with Gasteiger partial charge in [-0.3, -0.25) is 14.2 Å². The second-order valence-electron chi connectivity index (χ2n) is 7.82. The van der Waals surface area contributed by atoms with Gasteiger partial charge in [0.2, 0.25) is 5.78 Å². The fraction of sp³-hybridized carbons (Fsp3) is 0.138. The number of thiazole rings is 1. The lowest BCUT2D eigenvalue weighted by Gasteiger charge is -2.09. The first-order valence-corrected chi connectivity index (χ1v) is 12.3. The van der Waals surface area contributed by atoms with E-state index < -0.39 is 11.8 Å². The number of methoxy groups -OCH3 is 2. The second-order valence-corrected chi connectivity index (χ2v) is 8.85. The van der Waals surface area contributed by atoms with E-state index in [2.05, 4.69) is 0 Å². The summed E-state index contributed by atoms with van der Waals surface area (Å²) in [4.78, 5) is 40.5. The van der Waals surface area contributed by atoms with Crippen molar-refractivity contribution in [2.45, 2.75) is 6.92 Å². The third-order valence-corrected chi connectivity index (χ3v) is 6.62. The number of Topliss-reactive ketones (excluding diaryl/α,β-unsaturated/α-hetero) is 1. The average molecular weight is 516 g/mol. The summed E-state index contributed by atoms with van der Waals surface area (Å²) in [7, 11) is 3.10. The molecule has 188 valence electrons. The summed E-state index contributed by atoms with van der Waals surface area (Å²) < 4.78 is 17.6. The van der Waals surface area contributed by atoms with Gasteiger partial charge in [0.15, 0.2) is 0 Å². The fourth-order valence-electron chi connectivity index (χ4n) is 3.68. The van der Waals surface area contributed by atoms with Gasteiger partial charge in [-0.2, -0.15) is 0 Å². The maximum atomic E-state index is 13.7. The highest BCUT2D eigenvalue weighted by Crippen LogP contribution is 2.17. The van der Waals surface area contributed by atoms with Gasteiger partial charge in [0.1, 0.15) is 21.7 Å². The van der Waals surface area contributed by atoms with Crippen LogP contribution in [-0.4, -0.2) is 37.1 Å². The lowest BCUT2D eigenvalue weighted by atomic mass is 10.0. The molecule has 0 spiro atoms. The smallest absolute Gasteiger partial charge is 0.345 e. The zero-order valence-electron chi connectivity index (χ0n) is 20.6. The van der Waals surface area contributed by atoms with E-state index in [-0.39, 0.29) is 28.0 Å². The summed E-state index contributed by atoms with van der Waals surface area (Å²) >= 11 is 1.06. The van der Waals surface area contributed by atoms with Gasteiger partial charge in [-0.05, 0) is 67.1 Å². The Hall–Kier alpha value is -4.43. The number of aromatic nitrogens is 1. The normalized spacial score (nSPS) is 12.1. The zero-order chi connectivity index (χ0) is 26.4. The largest absolute Gasteiger partial charge is 0.497 e. The molecule has 0 aliphatic carbocycles. The molecule has 3 aromatic carbocycles. The van der Waals surface area contributed by atoms with Crippen LogP contribution in [0.4, 0.5) is 0 Å². The first-order valence-electron chi connectivity index (χ1n) is 11.5. The van der Waals surface area contributed by atoms with Crippen LogP contribution < -0.4 is 24.2 Å². The molecule has 7 nitrogen and oxygen atoms in total. The number of rotatable bonds is 8. The Morgan fingerprint density at radius 2 is 1.46 bits per heavy atom. The first kappa shape index (κ1) is 25.7. The van der Waals surface area contributed by atoms with E-state index in [9.17, 15) is 14.4 Å². The number of ether oxygens (including phenoxy) is 3. The van der Waals surface area contributed by atoms with Gasteiger partial charge in [-0.25, -0.2) is 4.79 Å². The van der Waals surface area contributed by atoms with Crippen molar-refractivity contribution >= 4 is 34.7 Å². The predicted molar refractivity (Wildman–Crippen MR) is 143 cm³/mol. The molecule has 4 aromatic rings. The Kier molecular flexibility index (Phi) is 8.00. The van der Waals surface area contributed by atoms with Crippen molar-refractivity contribution in [2.75, 3.05) is 20.8 Å². The van der Waals surface area contributed by atoms with Crippen molar-refractivity contribution in [2.24, 2.45) is 0 Å². The molecule has 0 unspecified atom stereocenters. The number of hydrogen-bond donors (Lipinski definition) is 0. The number of para-hydroxylation sites is 1. The molecule has 0 radical (unpaired) electrons. The Morgan fingerprint density at radius 3 is 2.03 bits per heavy atom. The van der Waals surface area contributed by atoms with Crippen molar-refractivity contribution in [3.05, 3.63) is 110 Å². The number of esters is 1. The molecule has 0 saturated carbocycles. The van der Waals surface area contributed by atoms with Gasteiger partial charge < -0.3 is 14.2 Å². The number of nitrogens with zero attached hydrogens (tertiary/aromatic N) is 1. The van der Waals surface area contributed by atoms with Crippen LogP contribution in [0, 0.1) is 0 Å². The summed E-state index contributed by atoms with van der Waals surface area (Å²) in [6.45, 7) is 1.74. The molecule has 37 heavy (non-hydrogen) atoms. The van der Waals surface area contributed by atoms with Crippen LogP contribution in [0.2, 0.25) is 0 Å². The van der Waals surface area contributed by atoms with Crippen molar-refractivity contribution in [3.63, 3.8) is 0 Å². The Balaban J connectivity index is 2.04. The molecular weight excluding hydrogens is 490 g/mol. The molecule has 0 aliphatic heterocycles. The summed E-state index contributed by atoms with van der Waals surface area (Å²) in [5.74, 6) is -0.0926. The molecule has 0 amide bonds. The van der Waals surface area contributed by atoms with E-state index >= 15 is 0 Å². The topological polar surface area (TPSA) is 83.8 Å². The molecule has 8 heteroatoms. The van der Waals surface area contributed by atoms with Gasteiger partial charge in [-0.1, -0.05) is 30.3 Å². The third-order valence-electron chi connectivity index (χ3n) is 5.52. The van der Waals surface area contributed by atoms with E-state index in [0.717, 1.165) is 16.9 Å². The summed E-state index contributed by atoms with van der Waals surface area (Å²) in [5, 5.41) is 0. The maximum Gasteiger partial charge on any atom is 0.345 e. The lowest BCUT2D eigenvalue weighted by Crippen LogP contribution is -2.33. The molecule has 0 fully saturated rings. The van der Waals surface area contributed by atoms with Gasteiger partial charge >= 0.3 is 5.97 Å². The summed E-state index contributed by atoms with van der Waals surface area (Å²) in [6.07, 6.45) is 1.72. The minimum atomic E-state index is -0.801. The zero-order valence-corrected chi connectivity index (χ0v) is 21.4. The van der Waals surface area contributed by atoms with Gasteiger partial charge in [0.05, 0.1) is 31.0 Å².